The van der Waals surface area contributed by atoms with E-state index in [9.17, 15) is 17.7 Å². The molecule has 0 aliphatic carbocycles. The minimum absolute atomic E-state index is 0.0165. The topological polar surface area (TPSA) is 67.8 Å². The minimum Gasteiger partial charge on any atom is -0.375 e. The molecule has 1 aromatic carbocycles. The van der Waals surface area contributed by atoms with Gasteiger partial charge in [0.2, 0.25) is 0 Å². The number of halogens is 4. The lowest BCUT2D eigenvalue weighted by molar-refractivity contribution is 0.577. The highest BCUT2D eigenvalue weighted by Crippen LogP contribution is 2.37. The van der Waals surface area contributed by atoms with Crippen LogP contribution in [0.5, 0.6) is 0 Å². The summed E-state index contributed by atoms with van der Waals surface area (Å²) in [7, 11) is -2.57. The van der Waals surface area contributed by atoms with E-state index in [0.717, 1.165) is 6.07 Å². The van der Waals surface area contributed by atoms with Crippen LogP contribution in [0.4, 0.5) is 18.9 Å². The molecule has 1 atom stereocenters. The predicted molar refractivity (Wildman–Crippen MR) is 130 cm³/mol. The summed E-state index contributed by atoms with van der Waals surface area (Å²) in [6.07, 6.45) is 1.42. The van der Waals surface area contributed by atoms with E-state index in [-0.39, 0.29) is 21.7 Å². The molecule has 34 heavy (non-hydrogen) atoms. The first kappa shape index (κ1) is 24.2. The molecule has 4 aromatic rings. The van der Waals surface area contributed by atoms with Crippen LogP contribution in [0.1, 0.15) is 24.2 Å². The van der Waals surface area contributed by atoms with Gasteiger partial charge in [-0.1, -0.05) is 11.6 Å². The summed E-state index contributed by atoms with van der Waals surface area (Å²) < 4.78 is 54.7. The lowest BCUT2D eigenvalue weighted by atomic mass is 10.1. The molecule has 5 nitrogen and oxygen atoms in total. The molecule has 3 heterocycles. The predicted octanol–water partition coefficient (Wildman–Crippen LogP) is 6.49. The number of fused-ring (bicyclic) bond motifs is 1. The zero-order valence-electron chi connectivity index (χ0n) is 18.8. The fraction of sp³-hybridized carbons (Fsp3) is 0.208. The normalized spacial score (nSPS) is 12.7. The van der Waals surface area contributed by atoms with Gasteiger partial charge in [0.25, 0.3) is 0 Å². The fourth-order valence-corrected chi connectivity index (χ4v) is 4.52. The summed E-state index contributed by atoms with van der Waals surface area (Å²) in [5, 5.41) is 3.41. The number of hydrogen-bond acceptors (Lipinski definition) is 5. The molecule has 176 valence electrons. The van der Waals surface area contributed by atoms with Gasteiger partial charge in [-0.15, -0.1) is 0 Å². The zero-order chi connectivity index (χ0) is 24.8. The molecule has 10 heteroatoms. The van der Waals surface area contributed by atoms with Gasteiger partial charge in [0, 0.05) is 29.9 Å². The Bertz CT molecular complexity index is 1440. The van der Waals surface area contributed by atoms with Gasteiger partial charge in [-0.2, -0.15) is 0 Å². The van der Waals surface area contributed by atoms with Crippen LogP contribution in [0.2, 0.25) is 5.02 Å². The molecular formula is C24H21ClF3N4OP. The van der Waals surface area contributed by atoms with Crippen LogP contribution >= 0.6 is 18.7 Å². The van der Waals surface area contributed by atoms with E-state index in [1.54, 1.807) is 39.3 Å². The average molecular weight is 505 g/mol. The third kappa shape index (κ3) is 4.79. The molecule has 0 spiro atoms. The molecule has 0 bridgehead atoms. The maximum atomic E-state index is 15.0. The number of aromatic nitrogens is 3. The van der Waals surface area contributed by atoms with Gasteiger partial charge in [0.05, 0.1) is 27.4 Å². The van der Waals surface area contributed by atoms with Gasteiger partial charge in [0.1, 0.15) is 30.0 Å². The van der Waals surface area contributed by atoms with Gasteiger partial charge in [0.15, 0.2) is 5.82 Å². The zero-order valence-corrected chi connectivity index (χ0v) is 20.5. The molecule has 1 N–H and O–H groups in total. The van der Waals surface area contributed by atoms with Crippen molar-refractivity contribution >= 4 is 40.9 Å². The molecule has 4 rings (SSSR count). The van der Waals surface area contributed by atoms with E-state index in [4.69, 9.17) is 11.6 Å². The maximum absolute atomic E-state index is 15.0. The maximum Gasteiger partial charge on any atom is 0.151 e. The monoisotopic (exact) mass is 504 g/mol. The summed E-state index contributed by atoms with van der Waals surface area (Å²) in [6.45, 7) is 6.58. The van der Waals surface area contributed by atoms with Crippen molar-refractivity contribution in [3.8, 4) is 11.3 Å². The molecule has 0 saturated heterocycles. The van der Waals surface area contributed by atoms with Crippen molar-refractivity contribution in [1.29, 1.82) is 0 Å². The first-order valence-corrected chi connectivity index (χ1v) is 13.3. The van der Waals surface area contributed by atoms with Crippen LogP contribution in [0, 0.1) is 24.4 Å². The van der Waals surface area contributed by atoms with Crippen LogP contribution in [-0.2, 0) is 4.57 Å². The van der Waals surface area contributed by atoms with Crippen molar-refractivity contribution in [2.24, 2.45) is 0 Å². The quantitative estimate of drug-likeness (QED) is 0.315. The highest BCUT2D eigenvalue weighted by Gasteiger charge is 2.20. The minimum atomic E-state index is -2.57. The van der Waals surface area contributed by atoms with Gasteiger partial charge in [-0.05, 0) is 57.0 Å². The first-order valence-electron chi connectivity index (χ1n) is 10.3. The number of aryl methyl sites for hydroxylation is 1. The summed E-state index contributed by atoms with van der Waals surface area (Å²) >= 11 is 6.53. The molecule has 0 amide bonds. The van der Waals surface area contributed by atoms with Crippen LogP contribution in [0.3, 0.4) is 0 Å². The van der Waals surface area contributed by atoms with Crippen molar-refractivity contribution in [3.63, 3.8) is 0 Å². The molecule has 0 unspecified atom stereocenters. The number of hydrogen-bond donors (Lipinski definition) is 1. The van der Waals surface area contributed by atoms with Crippen molar-refractivity contribution < 1.29 is 17.7 Å². The van der Waals surface area contributed by atoms with Crippen LogP contribution in [0.25, 0.3) is 22.3 Å². The lowest BCUT2D eigenvalue weighted by Crippen LogP contribution is -2.10. The Kier molecular flexibility index (Phi) is 6.40. The van der Waals surface area contributed by atoms with Crippen molar-refractivity contribution in [3.05, 3.63) is 76.3 Å². The Balaban J connectivity index is 1.83. The largest absolute Gasteiger partial charge is 0.375 e. The average Bonchev–Trinajstić information content (AvgIpc) is 2.75. The SMILES string of the molecule is Cc1nc2cc(F)c(-c3ccc(P(C)(C)=O)nc3)nc2c(N[C@H](C)c2cc(F)cc(F)c2)c1Cl. The third-order valence-corrected chi connectivity index (χ3v) is 7.17. The summed E-state index contributed by atoms with van der Waals surface area (Å²) in [6, 6.07) is 7.12. The van der Waals surface area contributed by atoms with E-state index in [1.807, 2.05) is 0 Å². The Morgan fingerprint density at radius 2 is 1.71 bits per heavy atom. The molecule has 0 aliphatic heterocycles. The number of pyridine rings is 3. The second-order valence-corrected chi connectivity index (χ2v) is 11.9. The van der Waals surface area contributed by atoms with E-state index < -0.39 is 30.6 Å². The van der Waals surface area contributed by atoms with Gasteiger partial charge in [-0.25, -0.2) is 23.1 Å². The number of rotatable bonds is 5. The molecule has 0 fully saturated rings. The smallest absolute Gasteiger partial charge is 0.151 e. The van der Waals surface area contributed by atoms with Crippen molar-refractivity contribution in [2.45, 2.75) is 19.9 Å². The van der Waals surface area contributed by atoms with E-state index >= 15 is 0 Å². The van der Waals surface area contributed by atoms with Crippen LogP contribution < -0.4 is 10.8 Å². The number of nitrogens with one attached hydrogen (secondary N) is 1. The molecule has 0 aliphatic rings. The third-order valence-electron chi connectivity index (χ3n) is 5.34. The lowest BCUT2D eigenvalue weighted by Gasteiger charge is -2.19. The molecule has 3 aromatic heterocycles. The highest BCUT2D eigenvalue weighted by molar-refractivity contribution is 7.69. The van der Waals surface area contributed by atoms with E-state index in [2.05, 4.69) is 20.3 Å². The van der Waals surface area contributed by atoms with E-state index in [0.29, 0.717) is 27.9 Å². The Morgan fingerprint density at radius 3 is 2.29 bits per heavy atom. The molecule has 0 radical (unpaired) electrons. The van der Waals surface area contributed by atoms with Gasteiger partial charge < -0.3 is 9.88 Å². The van der Waals surface area contributed by atoms with E-state index in [1.165, 1.54) is 24.4 Å². The fourth-order valence-electron chi connectivity index (χ4n) is 3.57. The summed E-state index contributed by atoms with van der Waals surface area (Å²) in [4.78, 5) is 13.0. The second kappa shape index (κ2) is 9.01. The first-order chi connectivity index (χ1) is 15.9. The number of benzene rings is 1. The Hall–Kier alpha value is -2.96. The number of nitrogens with zero attached hydrogens (tertiary/aromatic N) is 3. The van der Waals surface area contributed by atoms with Crippen LogP contribution in [-0.4, -0.2) is 28.3 Å². The molecular weight excluding hydrogens is 484 g/mol. The van der Waals surface area contributed by atoms with Crippen LogP contribution in [0.15, 0.2) is 42.6 Å². The molecule has 0 saturated carbocycles. The Labute approximate surface area is 199 Å². The van der Waals surface area contributed by atoms with Gasteiger partial charge in [-0.3, -0.25) is 4.98 Å². The summed E-state index contributed by atoms with van der Waals surface area (Å²) in [5.41, 5.74) is 2.55. The van der Waals surface area contributed by atoms with Crippen molar-refractivity contribution in [2.75, 3.05) is 18.6 Å². The second-order valence-electron chi connectivity index (χ2n) is 8.40. The number of anilines is 1. The van der Waals surface area contributed by atoms with Crippen molar-refractivity contribution in [1.82, 2.24) is 15.0 Å². The highest BCUT2D eigenvalue weighted by atomic mass is 35.5. The summed E-state index contributed by atoms with van der Waals surface area (Å²) in [5.74, 6) is -2.01. The standard InChI is InChI=1S/C24H21ClF3N4OP/c1-12(15-7-16(26)9-17(27)8-15)31-24-21(25)13(2)30-19-10-18(28)22(32-23(19)24)14-5-6-20(29-11-14)34(3,4)33/h5-12H,1-4H3,(H,30,31)/t12-/m1/s1. The van der Waals surface area contributed by atoms with Gasteiger partial charge >= 0.3 is 0 Å². The Morgan fingerprint density at radius 1 is 1.03 bits per heavy atom.